The van der Waals surface area contributed by atoms with Gasteiger partial charge in [0.05, 0.1) is 11.1 Å². The summed E-state index contributed by atoms with van der Waals surface area (Å²) >= 11 is 0. The van der Waals surface area contributed by atoms with E-state index in [9.17, 15) is 9.59 Å². The van der Waals surface area contributed by atoms with E-state index < -0.39 is 11.9 Å². The van der Waals surface area contributed by atoms with Crippen LogP contribution in [0.4, 0.5) is 0 Å². The van der Waals surface area contributed by atoms with E-state index in [0.717, 1.165) is 0 Å². The molecule has 1 rings (SSSR count). The van der Waals surface area contributed by atoms with Crippen LogP contribution in [-0.2, 0) is 0 Å². The molecule has 0 amide bonds. The molecule has 0 spiro atoms. The van der Waals surface area contributed by atoms with Crippen molar-refractivity contribution in [2.24, 2.45) is 0 Å². The summed E-state index contributed by atoms with van der Waals surface area (Å²) in [6.07, 6.45) is 0. The van der Waals surface area contributed by atoms with Crippen molar-refractivity contribution in [1.29, 1.82) is 0 Å². The normalized spacial score (nSPS) is 7.47. The first-order valence-electron chi connectivity index (χ1n) is 3.18. The molecule has 0 atom stereocenters. The van der Waals surface area contributed by atoms with Crippen molar-refractivity contribution in [3.05, 3.63) is 35.4 Å². The van der Waals surface area contributed by atoms with E-state index in [1.54, 1.807) is 0 Å². The molecule has 0 radical (unpaired) electrons. The number of hydrogen-bond donors (Lipinski definition) is 2. The van der Waals surface area contributed by atoms with Crippen LogP contribution in [0.3, 0.4) is 0 Å². The van der Waals surface area contributed by atoms with E-state index in [0.29, 0.717) is 0 Å². The smallest absolute Gasteiger partial charge is 1.00 e. The molecule has 2 N–H and O–H groups in total. The summed E-state index contributed by atoms with van der Waals surface area (Å²) < 4.78 is 0. The van der Waals surface area contributed by atoms with Gasteiger partial charge in [-0.25, -0.2) is 9.59 Å². The Balaban J connectivity index is -0.000000180. The molecule has 0 aliphatic carbocycles. The molecule has 6 heteroatoms. The van der Waals surface area contributed by atoms with Crippen LogP contribution in [0.1, 0.15) is 29.6 Å². The van der Waals surface area contributed by atoms with E-state index >= 15 is 0 Å². The molecule has 0 aliphatic heterocycles. The van der Waals surface area contributed by atoms with Crippen LogP contribution in [-0.4, -0.2) is 22.2 Å². The molecule has 15 heavy (non-hydrogen) atoms. The number of benzene rings is 1. The Morgan fingerprint density at radius 2 is 1.27 bits per heavy atom. The Morgan fingerprint density at radius 1 is 1.00 bits per heavy atom. The van der Waals surface area contributed by atoms with Gasteiger partial charge in [-0.2, -0.15) is 0 Å². The minimum Gasteiger partial charge on any atom is -1.00 e. The maximum Gasteiger partial charge on any atom is 1.00 e. The first-order chi connectivity index (χ1) is 5.63. The van der Waals surface area contributed by atoms with Gasteiger partial charge in [0.1, 0.15) is 0 Å². The Morgan fingerprint density at radius 3 is 1.47 bits per heavy atom. The standard InChI is InChI=1S/C8H6O4.CH4.ClH.K.H/c9-7(10)5-3-1-2-4-6(5)8(11)12;;;;/h1-4H,(H,9,10)(H,11,12);1H4;1H;;/q;;;+1;-1. The van der Waals surface area contributed by atoms with Crippen molar-refractivity contribution in [1.82, 2.24) is 0 Å². The van der Waals surface area contributed by atoms with Gasteiger partial charge in [-0.05, 0) is 12.1 Å². The van der Waals surface area contributed by atoms with Crippen molar-refractivity contribution in [2.45, 2.75) is 7.43 Å². The van der Waals surface area contributed by atoms with Gasteiger partial charge < -0.3 is 11.6 Å². The number of rotatable bonds is 2. The van der Waals surface area contributed by atoms with Crippen LogP contribution >= 0.6 is 12.4 Å². The van der Waals surface area contributed by atoms with E-state index in [-0.39, 0.29) is 83.8 Å². The fourth-order valence-electron chi connectivity index (χ4n) is 0.856. The zero-order chi connectivity index (χ0) is 9.14. The minimum atomic E-state index is -1.23. The Kier molecular flexibility index (Phi) is 12.7. The number of carboxylic acids is 2. The largest absolute Gasteiger partial charge is 1.00 e. The van der Waals surface area contributed by atoms with E-state index in [2.05, 4.69) is 0 Å². The molecule has 0 fully saturated rings. The number of carboxylic acid groups (broad SMARTS) is 2. The van der Waals surface area contributed by atoms with Crippen LogP contribution in [0.2, 0.25) is 0 Å². The Hall–Kier alpha value is 0.0864. The molecule has 0 aliphatic rings. The summed E-state index contributed by atoms with van der Waals surface area (Å²) in [7, 11) is 0. The third kappa shape index (κ3) is 5.65. The third-order valence-electron chi connectivity index (χ3n) is 1.39. The molecule has 0 saturated carbocycles. The van der Waals surface area contributed by atoms with Crippen LogP contribution in [0, 0.1) is 0 Å². The topological polar surface area (TPSA) is 74.6 Å². The number of hydrogen-bond acceptors (Lipinski definition) is 2. The van der Waals surface area contributed by atoms with Gasteiger partial charge in [-0.1, -0.05) is 19.6 Å². The maximum absolute atomic E-state index is 10.5. The molecule has 0 unspecified atom stereocenters. The zero-order valence-corrected chi connectivity index (χ0v) is 11.4. The van der Waals surface area contributed by atoms with Crippen molar-refractivity contribution in [3.8, 4) is 0 Å². The summed E-state index contributed by atoms with van der Waals surface area (Å²) in [4.78, 5) is 20.9. The van der Waals surface area contributed by atoms with E-state index in [1.165, 1.54) is 24.3 Å². The molecule has 0 saturated heterocycles. The van der Waals surface area contributed by atoms with E-state index in [4.69, 9.17) is 10.2 Å². The van der Waals surface area contributed by atoms with Gasteiger partial charge in [-0.3, -0.25) is 0 Å². The van der Waals surface area contributed by atoms with Crippen LogP contribution in [0.25, 0.3) is 0 Å². The fourth-order valence-corrected chi connectivity index (χ4v) is 0.856. The van der Waals surface area contributed by atoms with Crippen LogP contribution in [0.5, 0.6) is 0 Å². The average molecular weight is 259 g/mol. The minimum absolute atomic E-state index is 0. The molecule has 1 aromatic carbocycles. The molecule has 4 nitrogen and oxygen atoms in total. The SMILES string of the molecule is C.Cl.O=C(O)c1ccccc1C(=O)O.[H-].[K+]. The quantitative estimate of drug-likeness (QED) is 0.685. The maximum atomic E-state index is 10.5. The predicted octanol–water partition coefficient (Wildman–Crippen LogP) is -0.743. The Bertz CT molecular complexity index is 313. The Labute approximate surface area is 138 Å². The zero-order valence-electron chi connectivity index (χ0n) is 8.43. The third-order valence-corrected chi connectivity index (χ3v) is 1.39. The molecule has 80 valence electrons. The average Bonchev–Trinajstić information content (AvgIpc) is 2.04. The monoisotopic (exact) mass is 258 g/mol. The molecule has 0 heterocycles. The number of aromatic carboxylic acids is 2. The summed E-state index contributed by atoms with van der Waals surface area (Å²) in [5.41, 5.74) is -0.380. The second-order valence-electron chi connectivity index (χ2n) is 2.16. The van der Waals surface area contributed by atoms with Gasteiger partial charge >= 0.3 is 63.3 Å². The molecule has 0 aromatic heterocycles. The first kappa shape index (κ1) is 20.5. The van der Waals surface area contributed by atoms with Crippen molar-refractivity contribution < 1.29 is 72.6 Å². The molecular weight excluding hydrogens is 247 g/mol. The van der Waals surface area contributed by atoms with Crippen LogP contribution in [0.15, 0.2) is 24.3 Å². The summed E-state index contributed by atoms with van der Waals surface area (Å²) in [6, 6.07) is 5.48. The summed E-state index contributed by atoms with van der Waals surface area (Å²) in [5.74, 6) is -2.46. The fraction of sp³-hybridized carbons (Fsp3) is 0.111. The first-order valence-corrected chi connectivity index (χ1v) is 3.18. The summed E-state index contributed by atoms with van der Waals surface area (Å²) in [5, 5.41) is 17.1. The molecule has 1 aromatic rings. The molecule has 0 bridgehead atoms. The molecular formula is C9H12ClKO4. The van der Waals surface area contributed by atoms with Crippen LogP contribution < -0.4 is 51.4 Å². The predicted molar refractivity (Wildman–Crippen MR) is 55.5 cm³/mol. The van der Waals surface area contributed by atoms with Gasteiger partial charge in [0.15, 0.2) is 0 Å². The summed E-state index contributed by atoms with van der Waals surface area (Å²) in [6.45, 7) is 0. The van der Waals surface area contributed by atoms with Gasteiger partial charge in [0, 0.05) is 0 Å². The number of halogens is 1. The van der Waals surface area contributed by atoms with Crippen molar-refractivity contribution in [2.75, 3.05) is 0 Å². The van der Waals surface area contributed by atoms with Crippen molar-refractivity contribution in [3.63, 3.8) is 0 Å². The van der Waals surface area contributed by atoms with Crippen molar-refractivity contribution >= 4 is 24.3 Å². The van der Waals surface area contributed by atoms with Gasteiger partial charge in [0.25, 0.3) is 0 Å². The number of carbonyl (C=O) groups is 2. The second-order valence-corrected chi connectivity index (χ2v) is 2.16. The van der Waals surface area contributed by atoms with Gasteiger partial charge in [0.2, 0.25) is 0 Å². The van der Waals surface area contributed by atoms with E-state index in [1.807, 2.05) is 0 Å². The second kappa shape index (κ2) is 9.32. The van der Waals surface area contributed by atoms with Gasteiger partial charge in [-0.15, -0.1) is 12.4 Å².